The van der Waals surface area contributed by atoms with Crippen LogP contribution in [0.25, 0.3) is 22.5 Å². The summed E-state index contributed by atoms with van der Waals surface area (Å²) in [5.74, 6) is -1.42. The Kier molecular flexibility index (Phi) is 9.23. The lowest BCUT2D eigenvalue weighted by atomic mass is 9.98. The molecule has 0 bridgehead atoms. The summed E-state index contributed by atoms with van der Waals surface area (Å²) in [5, 5.41) is 33.1. The average Bonchev–Trinajstić information content (AvgIpc) is 3.83. The summed E-state index contributed by atoms with van der Waals surface area (Å²) >= 11 is 0. The van der Waals surface area contributed by atoms with E-state index >= 15 is 0 Å². The average molecular weight is 638 g/mol. The van der Waals surface area contributed by atoms with Crippen molar-refractivity contribution in [3.63, 3.8) is 0 Å². The molecule has 0 saturated carbocycles. The highest BCUT2D eigenvalue weighted by Crippen LogP contribution is 2.44. The summed E-state index contributed by atoms with van der Waals surface area (Å²) < 4.78 is 17.7. The van der Waals surface area contributed by atoms with Crippen LogP contribution in [0.4, 0.5) is 4.79 Å². The predicted octanol–water partition coefficient (Wildman–Crippen LogP) is 5.55. The molecule has 13 nitrogen and oxygen atoms in total. The molecule has 0 fully saturated rings. The van der Waals surface area contributed by atoms with Crippen LogP contribution in [-0.4, -0.2) is 61.5 Å². The third kappa shape index (κ3) is 7.14. The number of carbonyl (C=O) groups is 3. The number of amides is 1. The Balaban J connectivity index is 0.928. The second kappa shape index (κ2) is 14.0. The number of aromatic nitrogens is 4. The van der Waals surface area contributed by atoms with Gasteiger partial charge in [-0.2, -0.15) is 0 Å². The van der Waals surface area contributed by atoms with Crippen LogP contribution in [0.15, 0.2) is 89.6 Å². The Morgan fingerprint density at radius 3 is 2.30 bits per heavy atom. The topological polar surface area (TPSA) is 179 Å². The molecular weight excluding hydrogens is 606 g/mol. The molecule has 3 N–H and O–H groups in total. The van der Waals surface area contributed by atoms with E-state index in [0.717, 1.165) is 22.3 Å². The molecule has 1 amide bonds. The zero-order valence-corrected chi connectivity index (χ0v) is 25.1. The lowest BCUT2D eigenvalue weighted by molar-refractivity contribution is -0.141. The third-order valence-electron chi connectivity index (χ3n) is 7.93. The lowest BCUT2D eigenvalue weighted by Gasteiger charge is -2.15. The first-order valence-corrected chi connectivity index (χ1v) is 15.0. The molecule has 2 aromatic heterocycles. The van der Waals surface area contributed by atoms with E-state index in [1.807, 2.05) is 24.3 Å². The van der Waals surface area contributed by atoms with Gasteiger partial charge in [-0.1, -0.05) is 58.9 Å². The van der Waals surface area contributed by atoms with Crippen LogP contribution in [0.2, 0.25) is 0 Å². The van der Waals surface area contributed by atoms with Gasteiger partial charge in [-0.05, 0) is 65.8 Å². The van der Waals surface area contributed by atoms with Gasteiger partial charge in [-0.15, -0.1) is 5.10 Å². The molecule has 1 aliphatic rings. The number of unbranched alkanes of at least 4 members (excludes halogenated alkanes) is 1. The number of benzene rings is 3. The van der Waals surface area contributed by atoms with E-state index in [0.29, 0.717) is 42.2 Å². The molecule has 0 saturated heterocycles. The summed E-state index contributed by atoms with van der Waals surface area (Å²) in [4.78, 5) is 35.4. The zero-order valence-electron chi connectivity index (χ0n) is 25.1. The monoisotopic (exact) mass is 637 g/mol. The third-order valence-corrected chi connectivity index (χ3v) is 7.93. The number of carboxylic acids is 2. The Morgan fingerprint density at radius 2 is 1.64 bits per heavy atom. The van der Waals surface area contributed by atoms with Gasteiger partial charge in [-0.3, -0.25) is 0 Å². The van der Waals surface area contributed by atoms with Crippen molar-refractivity contribution in [3.8, 4) is 28.2 Å². The van der Waals surface area contributed by atoms with Gasteiger partial charge < -0.3 is 29.5 Å². The fraction of sp³-hybridized carbons (Fsp3) is 0.235. The van der Waals surface area contributed by atoms with Crippen molar-refractivity contribution in [3.05, 3.63) is 108 Å². The van der Waals surface area contributed by atoms with E-state index in [-0.39, 0.29) is 31.2 Å². The van der Waals surface area contributed by atoms with Crippen LogP contribution in [0.3, 0.4) is 0 Å². The Labute approximate surface area is 268 Å². The standard InChI is InChI=1S/C34H31N5O8/c40-32(41)29-17-31(47-37-29)21-12-14-23(15-13-21)45-19-22-18-39(38-36-22)30(33(42)43)11-5-6-16-35-34(44)46-20-28-26-9-3-1-7-24(26)25-8-2-4-10-27(25)28/h1-4,7-10,12-15,17-18,28,30H,5-6,11,16,19-20H2,(H,35,44)(H,40,41)(H,42,43)/t30-/m0/s1. The number of hydrogen-bond donors (Lipinski definition) is 3. The van der Waals surface area contributed by atoms with Crippen LogP contribution in [-0.2, 0) is 16.1 Å². The minimum atomic E-state index is -1.18. The normalized spacial score (nSPS) is 12.6. The maximum Gasteiger partial charge on any atom is 0.407 e. The van der Waals surface area contributed by atoms with Crippen LogP contribution < -0.4 is 10.1 Å². The summed E-state index contributed by atoms with van der Waals surface area (Å²) in [7, 11) is 0. The fourth-order valence-electron chi connectivity index (χ4n) is 5.59. The number of alkyl carbamates (subject to hydrolysis) is 1. The van der Waals surface area contributed by atoms with Gasteiger partial charge >= 0.3 is 18.0 Å². The SMILES string of the molecule is O=C(NCCCC[C@@H](C(=O)O)n1cc(COc2ccc(-c3cc(C(=O)O)no3)cc2)nn1)OCC1c2ccccc2-c2ccccc21. The van der Waals surface area contributed by atoms with Gasteiger partial charge in [0.15, 0.2) is 17.5 Å². The van der Waals surface area contributed by atoms with E-state index in [2.05, 4.69) is 45.1 Å². The molecule has 5 aromatic rings. The molecule has 47 heavy (non-hydrogen) atoms. The summed E-state index contributed by atoms with van der Waals surface area (Å²) in [5.41, 5.74) is 5.48. The van der Waals surface area contributed by atoms with Crippen LogP contribution >= 0.6 is 0 Å². The zero-order chi connectivity index (χ0) is 32.8. The number of nitrogens with zero attached hydrogens (tertiary/aromatic N) is 4. The highest BCUT2D eigenvalue weighted by atomic mass is 16.5. The second-order valence-electron chi connectivity index (χ2n) is 11.0. The van der Waals surface area contributed by atoms with Crippen molar-refractivity contribution in [2.75, 3.05) is 13.2 Å². The largest absolute Gasteiger partial charge is 0.487 e. The molecule has 0 aliphatic heterocycles. The minimum Gasteiger partial charge on any atom is -0.487 e. The molecule has 0 spiro atoms. The maximum absolute atomic E-state index is 12.4. The number of aromatic carboxylic acids is 1. The highest BCUT2D eigenvalue weighted by Gasteiger charge is 2.29. The quantitative estimate of drug-likeness (QED) is 0.130. The molecule has 0 unspecified atom stereocenters. The van der Waals surface area contributed by atoms with E-state index in [1.165, 1.54) is 16.9 Å². The lowest BCUT2D eigenvalue weighted by Crippen LogP contribution is -2.27. The van der Waals surface area contributed by atoms with Gasteiger partial charge in [-0.25, -0.2) is 19.1 Å². The van der Waals surface area contributed by atoms with Crippen molar-refractivity contribution in [1.29, 1.82) is 0 Å². The van der Waals surface area contributed by atoms with Crippen molar-refractivity contribution >= 4 is 18.0 Å². The summed E-state index contributed by atoms with van der Waals surface area (Å²) in [6.45, 7) is 0.624. The van der Waals surface area contributed by atoms with Crippen molar-refractivity contribution < 1.29 is 38.6 Å². The molecule has 13 heteroatoms. The molecular formula is C34H31N5O8. The number of hydrogen-bond acceptors (Lipinski definition) is 9. The van der Waals surface area contributed by atoms with Crippen molar-refractivity contribution in [2.45, 2.75) is 37.8 Å². The van der Waals surface area contributed by atoms with Gasteiger partial charge in [0, 0.05) is 24.1 Å². The molecule has 1 aliphatic carbocycles. The van der Waals surface area contributed by atoms with Gasteiger partial charge in [0.1, 0.15) is 24.7 Å². The highest BCUT2D eigenvalue weighted by molar-refractivity contribution is 5.86. The first-order chi connectivity index (χ1) is 22.9. The van der Waals surface area contributed by atoms with Crippen molar-refractivity contribution in [2.24, 2.45) is 0 Å². The Bertz CT molecular complexity index is 1840. The van der Waals surface area contributed by atoms with E-state index in [4.69, 9.17) is 19.1 Å². The number of rotatable bonds is 14. The van der Waals surface area contributed by atoms with Crippen LogP contribution in [0.5, 0.6) is 5.75 Å². The Hall–Kier alpha value is -5.98. The molecule has 0 radical (unpaired) electrons. The number of carboxylic acid groups (broad SMARTS) is 2. The molecule has 3 aromatic carbocycles. The Morgan fingerprint density at radius 1 is 0.936 bits per heavy atom. The maximum atomic E-state index is 12.4. The number of fused-ring (bicyclic) bond motifs is 3. The van der Waals surface area contributed by atoms with E-state index < -0.39 is 24.1 Å². The first-order valence-electron chi connectivity index (χ1n) is 15.0. The first kappa shape index (κ1) is 31.0. The number of ether oxygens (including phenoxy) is 2. The van der Waals surface area contributed by atoms with E-state index in [9.17, 15) is 19.5 Å². The molecule has 6 rings (SSSR count). The van der Waals surface area contributed by atoms with Crippen LogP contribution in [0, 0.1) is 0 Å². The minimum absolute atomic E-state index is 0.0243. The van der Waals surface area contributed by atoms with Gasteiger partial charge in [0.05, 0.1) is 6.20 Å². The summed E-state index contributed by atoms with van der Waals surface area (Å²) in [6, 6.07) is 23.4. The van der Waals surface area contributed by atoms with E-state index in [1.54, 1.807) is 24.3 Å². The summed E-state index contributed by atoms with van der Waals surface area (Å²) in [6.07, 6.45) is 2.39. The molecule has 1 atom stereocenters. The smallest absolute Gasteiger partial charge is 0.407 e. The number of nitrogens with one attached hydrogen (secondary N) is 1. The predicted molar refractivity (Wildman–Crippen MR) is 167 cm³/mol. The fourth-order valence-corrected chi connectivity index (χ4v) is 5.59. The van der Waals surface area contributed by atoms with Gasteiger partial charge in [0.2, 0.25) is 0 Å². The molecule has 2 heterocycles. The molecule has 240 valence electrons. The number of aliphatic carboxylic acids is 1. The van der Waals surface area contributed by atoms with Gasteiger partial charge in [0.25, 0.3) is 0 Å². The number of carbonyl (C=O) groups excluding carboxylic acids is 1. The second-order valence-corrected chi connectivity index (χ2v) is 11.0. The van der Waals surface area contributed by atoms with Crippen molar-refractivity contribution in [1.82, 2.24) is 25.5 Å². The van der Waals surface area contributed by atoms with Crippen LogP contribution in [0.1, 0.15) is 58.5 Å².